The molecule has 5 rings (SSSR count). The lowest BCUT2D eigenvalue weighted by Crippen LogP contribution is -2.55. The Morgan fingerprint density at radius 1 is 0.973 bits per heavy atom. The van der Waals surface area contributed by atoms with E-state index in [0.29, 0.717) is 24.9 Å². The second kappa shape index (κ2) is 14.9. The van der Waals surface area contributed by atoms with Crippen molar-refractivity contribution in [3.63, 3.8) is 0 Å². The molecular weight excluding hydrogens is 507 g/mol. The van der Waals surface area contributed by atoms with Crippen molar-refractivity contribution in [2.75, 3.05) is 50.8 Å². The standard InChI is InChI=1S/C29H40N4O2.2ClH/c34-29(31-18-23-9-11-27(12-10-23)33-13-15-35-16-14-33)8-4-7-28-26-17-25(19-30-28)21-32(22-26)20-24-5-2-1-3-6-24;;/h1-3,5-6,9-12,25-26,28,30H,4,7-8,13-22H2,(H,31,34);2*1H/t25-,26-,28+;;/m0../s1. The van der Waals surface area contributed by atoms with Crippen LogP contribution in [0.3, 0.4) is 0 Å². The van der Waals surface area contributed by atoms with Gasteiger partial charge in [-0.3, -0.25) is 9.69 Å². The van der Waals surface area contributed by atoms with Crippen LogP contribution in [0.15, 0.2) is 54.6 Å². The van der Waals surface area contributed by atoms with Crippen LogP contribution < -0.4 is 15.5 Å². The fourth-order valence-electron chi connectivity index (χ4n) is 6.00. The van der Waals surface area contributed by atoms with E-state index >= 15 is 0 Å². The average Bonchev–Trinajstić information content (AvgIpc) is 2.90. The first-order chi connectivity index (χ1) is 17.2. The van der Waals surface area contributed by atoms with Crippen LogP contribution in [0.4, 0.5) is 5.69 Å². The number of carbonyl (C=O) groups is 1. The molecule has 204 valence electrons. The van der Waals surface area contributed by atoms with Gasteiger partial charge in [0.2, 0.25) is 5.91 Å². The lowest BCUT2D eigenvalue weighted by Gasteiger charge is -2.46. The minimum Gasteiger partial charge on any atom is -0.378 e. The van der Waals surface area contributed by atoms with Gasteiger partial charge in [-0.25, -0.2) is 0 Å². The number of ether oxygens (including phenoxy) is 1. The Balaban J connectivity index is 0.00000190. The summed E-state index contributed by atoms with van der Waals surface area (Å²) >= 11 is 0. The van der Waals surface area contributed by atoms with E-state index in [4.69, 9.17) is 4.74 Å². The number of likely N-dealkylation sites (tertiary alicyclic amines) is 1. The topological polar surface area (TPSA) is 56.8 Å². The van der Waals surface area contributed by atoms with Crippen LogP contribution in [-0.2, 0) is 22.6 Å². The molecule has 0 aliphatic carbocycles. The normalized spacial score (nSPS) is 23.5. The Labute approximate surface area is 234 Å². The summed E-state index contributed by atoms with van der Waals surface area (Å²) in [6.07, 6.45) is 3.96. The Morgan fingerprint density at radius 3 is 2.49 bits per heavy atom. The predicted molar refractivity (Wildman–Crippen MR) is 155 cm³/mol. The number of rotatable bonds is 9. The predicted octanol–water partition coefficient (Wildman–Crippen LogP) is 4.26. The molecule has 2 N–H and O–H groups in total. The minimum absolute atomic E-state index is 0. The number of nitrogens with one attached hydrogen (secondary N) is 2. The highest BCUT2D eigenvalue weighted by molar-refractivity contribution is 5.85. The van der Waals surface area contributed by atoms with Gasteiger partial charge < -0.3 is 20.3 Å². The molecule has 3 atom stereocenters. The third-order valence-electron chi connectivity index (χ3n) is 7.85. The Morgan fingerprint density at radius 2 is 1.73 bits per heavy atom. The van der Waals surface area contributed by atoms with Gasteiger partial charge in [0.15, 0.2) is 0 Å². The smallest absolute Gasteiger partial charge is 0.220 e. The maximum absolute atomic E-state index is 12.5. The van der Waals surface area contributed by atoms with Crippen molar-refractivity contribution in [2.45, 2.75) is 44.8 Å². The summed E-state index contributed by atoms with van der Waals surface area (Å²) in [6, 6.07) is 19.9. The molecule has 2 aromatic carbocycles. The summed E-state index contributed by atoms with van der Waals surface area (Å²) in [5.74, 6) is 1.61. The van der Waals surface area contributed by atoms with Crippen LogP contribution in [0.1, 0.15) is 36.8 Å². The van der Waals surface area contributed by atoms with E-state index in [1.54, 1.807) is 0 Å². The number of carbonyl (C=O) groups excluding carboxylic acids is 1. The number of hydrogen-bond acceptors (Lipinski definition) is 5. The molecule has 3 saturated heterocycles. The highest BCUT2D eigenvalue weighted by Gasteiger charge is 2.36. The fourth-order valence-corrected chi connectivity index (χ4v) is 6.00. The molecular formula is C29H42Cl2N4O2. The largest absolute Gasteiger partial charge is 0.378 e. The lowest BCUT2D eigenvalue weighted by molar-refractivity contribution is -0.121. The van der Waals surface area contributed by atoms with Crippen molar-refractivity contribution in [1.82, 2.24) is 15.5 Å². The Hall–Kier alpha value is -1.83. The van der Waals surface area contributed by atoms with E-state index in [1.165, 1.54) is 24.2 Å². The molecule has 0 aromatic heterocycles. The molecule has 0 radical (unpaired) electrons. The SMILES string of the molecule is Cl.Cl.O=C(CCC[C@H]1NC[C@@H]2C[C@H]1CN(Cc1ccccc1)C2)NCc1ccc(N2CCOCC2)cc1. The molecule has 1 amide bonds. The first kappa shape index (κ1) is 29.7. The van der Waals surface area contributed by atoms with Crippen LogP contribution in [0.5, 0.6) is 0 Å². The van der Waals surface area contributed by atoms with Gasteiger partial charge in [0, 0.05) is 57.4 Å². The van der Waals surface area contributed by atoms with Gasteiger partial charge >= 0.3 is 0 Å². The fraction of sp³-hybridized carbons (Fsp3) is 0.552. The van der Waals surface area contributed by atoms with E-state index in [1.807, 2.05) is 0 Å². The summed E-state index contributed by atoms with van der Waals surface area (Å²) in [6.45, 7) is 8.59. The number of morpholine rings is 1. The maximum atomic E-state index is 12.5. The molecule has 37 heavy (non-hydrogen) atoms. The summed E-state index contributed by atoms with van der Waals surface area (Å²) in [4.78, 5) is 17.5. The minimum atomic E-state index is 0. The molecule has 3 aliphatic heterocycles. The Bertz CT molecular complexity index is 941. The van der Waals surface area contributed by atoms with Crippen molar-refractivity contribution in [3.05, 3.63) is 65.7 Å². The number of nitrogens with zero attached hydrogens (tertiary/aromatic N) is 2. The van der Waals surface area contributed by atoms with Crippen LogP contribution in [0, 0.1) is 11.8 Å². The zero-order valence-electron chi connectivity index (χ0n) is 21.6. The molecule has 0 saturated carbocycles. The van der Waals surface area contributed by atoms with Crippen molar-refractivity contribution in [2.24, 2.45) is 11.8 Å². The van der Waals surface area contributed by atoms with Crippen LogP contribution in [0.2, 0.25) is 0 Å². The third-order valence-corrected chi connectivity index (χ3v) is 7.85. The molecule has 3 aliphatic rings. The first-order valence-corrected chi connectivity index (χ1v) is 13.4. The summed E-state index contributed by atoms with van der Waals surface area (Å²) < 4.78 is 5.43. The molecule has 2 bridgehead atoms. The molecule has 3 heterocycles. The van der Waals surface area contributed by atoms with Gasteiger partial charge in [0.25, 0.3) is 0 Å². The number of fused-ring (bicyclic) bond motifs is 2. The first-order valence-electron chi connectivity index (χ1n) is 13.4. The number of anilines is 1. The van der Waals surface area contributed by atoms with Crippen molar-refractivity contribution in [1.29, 1.82) is 0 Å². The summed E-state index contributed by atoms with van der Waals surface area (Å²) in [7, 11) is 0. The number of hydrogen-bond donors (Lipinski definition) is 2. The molecule has 8 heteroatoms. The summed E-state index contributed by atoms with van der Waals surface area (Å²) in [5.41, 5.74) is 3.79. The highest BCUT2D eigenvalue weighted by Crippen LogP contribution is 2.31. The van der Waals surface area contributed by atoms with Crippen LogP contribution >= 0.6 is 24.8 Å². The second-order valence-corrected chi connectivity index (χ2v) is 10.5. The zero-order chi connectivity index (χ0) is 23.9. The van der Waals surface area contributed by atoms with Gasteiger partial charge in [-0.2, -0.15) is 0 Å². The molecule has 3 fully saturated rings. The van der Waals surface area contributed by atoms with Gasteiger partial charge in [0.1, 0.15) is 0 Å². The van der Waals surface area contributed by atoms with Crippen LogP contribution in [0.25, 0.3) is 0 Å². The Kier molecular flexibility index (Phi) is 12.0. The molecule has 2 aromatic rings. The van der Waals surface area contributed by atoms with E-state index in [9.17, 15) is 4.79 Å². The van der Waals surface area contributed by atoms with Crippen molar-refractivity contribution >= 4 is 36.4 Å². The van der Waals surface area contributed by atoms with E-state index in [2.05, 4.69) is 75.0 Å². The van der Waals surface area contributed by atoms with Crippen LogP contribution in [-0.4, -0.2) is 62.8 Å². The van der Waals surface area contributed by atoms with Gasteiger partial charge in [0.05, 0.1) is 13.2 Å². The van der Waals surface area contributed by atoms with Gasteiger partial charge in [-0.1, -0.05) is 42.5 Å². The van der Waals surface area contributed by atoms with Crippen molar-refractivity contribution < 1.29 is 9.53 Å². The average molecular weight is 550 g/mol. The van der Waals surface area contributed by atoms with E-state index in [0.717, 1.165) is 70.3 Å². The second-order valence-electron chi connectivity index (χ2n) is 10.5. The maximum Gasteiger partial charge on any atom is 0.220 e. The quantitative estimate of drug-likeness (QED) is 0.490. The number of amides is 1. The summed E-state index contributed by atoms with van der Waals surface area (Å²) in [5, 5.41) is 6.91. The van der Waals surface area contributed by atoms with E-state index < -0.39 is 0 Å². The molecule has 0 unspecified atom stereocenters. The zero-order valence-corrected chi connectivity index (χ0v) is 23.3. The van der Waals surface area contributed by atoms with Crippen molar-refractivity contribution in [3.8, 4) is 0 Å². The van der Waals surface area contributed by atoms with E-state index in [-0.39, 0.29) is 30.7 Å². The number of piperidine rings is 2. The monoisotopic (exact) mass is 548 g/mol. The lowest BCUT2D eigenvalue weighted by atomic mass is 9.79. The highest BCUT2D eigenvalue weighted by atomic mass is 35.5. The third kappa shape index (κ3) is 8.59. The van der Waals surface area contributed by atoms with Gasteiger partial charge in [-0.15, -0.1) is 24.8 Å². The number of benzene rings is 2. The van der Waals surface area contributed by atoms with Gasteiger partial charge in [-0.05, 0) is 60.9 Å². The number of halogens is 2. The molecule has 6 nitrogen and oxygen atoms in total. The molecule has 0 spiro atoms.